The number of carbonyl (C=O) groups is 1. The van der Waals surface area contributed by atoms with E-state index in [1.807, 2.05) is 51.1 Å². The van der Waals surface area contributed by atoms with Gasteiger partial charge < -0.3 is 15.0 Å². The van der Waals surface area contributed by atoms with Crippen molar-refractivity contribution < 1.29 is 9.53 Å². The average molecular weight is 287 g/mol. The molecule has 1 unspecified atom stereocenters. The summed E-state index contributed by atoms with van der Waals surface area (Å²) in [6.07, 6.45) is 0.735. The fourth-order valence-electron chi connectivity index (χ4n) is 2.17. The van der Waals surface area contributed by atoms with Crippen molar-refractivity contribution in [2.75, 3.05) is 11.9 Å². The minimum absolute atomic E-state index is 0.0746. The highest BCUT2D eigenvalue weighted by molar-refractivity contribution is 6.03. The number of para-hydroxylation sites is 1. The second kappa shape index (κ2) is 7.04. The molecule has 0 aliphatic heterocycles. The van der Waals surface area contributed by atoms with E-state index in [1.165, 1.54) is 0 Å². The van der Waals surface area contributed by atoms with Gasteiger partial charge >= 0.3 is 0 Å². The van der Waals surface area contributed by atoms with Crippen LogP contribution in [-0.2, 0) is 11.2 Å². The number of anilines is 1. The second-order valence-corrected chi connectivity index (χ2v) is 4.95. The maximum Gasteiger partial charge on any atom is 0.276 e. The maximum absolute atomic E-state index is 12.2. The number of hydrogen-bond acceptors (Lipinski definition) is 3. The van der Waals surface area contributed by atoms with Crippen molar-refractivity contribution in [1.29, 1.82) is 0 Å². The lowest BCUT2D eigenvalue weighted by atomic mass is 10.3. The predicted octanol–water partition coefficient (Wildman–Crippen LogP) is 2.94. The van der Waals surface area contributed by atoms with Crippen LogP contribution in [0.3, 0.4) is 0 Å². The Bertz CT molecular complexity index is 593. The first-order valence-corrected chi connectivity index (χ1v) is 7.13. The van der Waals surface area contributed by atoms with E-state index < -0.39 is 0 Å². The highest BCUT2D eigenvalue weighted by atomic mass is 16.5. The number of carbonyl (C=O) groups excluding carboxylic acids is 1. The van der Waals surface area contributed by atoms with Gasteiger partial charge in [0.15, 0.2) is 0 Å². The van der Waals surface area contributed by atoms with Crippen molar-refractivity contribution in [3.8, 4) is 0 Å². The summed E-state index contributed by atoms with van der Waals surface area (Å²) in [6.45, 7) is 6.47. The van der Waals surface area contributed by atoms with Gasteiger partial charge in [-0.3, -0.25) is 4.79 Å². The third-order valence-corrected chi connectivity index (χ3v) is 3.11. The molecule has 21 heavy (non-hydrogen) atoms. The van der Waals surface area contributed by atoms with Gasteiger partial charge in [-0.25, -0.2) is 4.98 Å². The zero-order chi connectivity index (χ0) is 15.2. The van der Waals surface area contributed by atoms with Gasteiger partial charge in [0.05, 0.1) is 6.10 Å². The topological polar surface area (TPSA) is 67.0 Å². The zero-order valence-corrected chi connectivity index (χ0v) is 12.6. The smallest absolute Gasteiger partial charge is 0.276 e. The maximum atomic E-state index is 12.2. The minimum atomic E-state index is -0.203. The summed E-state index contributed by atoms with van der Waals surface area (Å²) in [5, 5.41) is 2.84. The van der Waals surface area contributed by atoms with Gasteiger partial charge in [0.1, 0.15) is 11.5 Å². The molecule has 5 heteroatoms. The van der Waals surface area contributed by atoms with Crippen LogP contribution in [0, 0.1) is 6.92 Å². The summed E-state index contributed by atoms with van der Waals surface area (Å²) in [5.41, 5.74) is 1.95. The molecule has 0 spiro atoms. The van der Waals surface area contributed by atoms with Gasteiger partial charge in [-0.1, -0.05) is 18.2 Å². The molecule has 5 nitrogen and oxygen atoms in total. The standard InChI is InChI=1S/C16H21N3O2/c1-4-21-11(2)10-14-17-12(3)15(19-14)16(20)18-13-8-6-5-7-9-13/h5-9,11H,4,10H2,1-3H3,(H,17,19)(H,18,20). The highest BCUT2D eigenvalue weighted by Crippen LogP contribution is 2.12. The first-order valence-electron chi connectivity index (χ1n) is 7.13. The summed E-state index contributed by atoms with van der Waals surface area (Å²) in [5.74, 6) is 0.567. The molecule has 1 atom stereocenters. The van der Waals surface area contributed by atoms with Crippen LogP contribution in [0.5, 0.6) is 0 Å². The van der Waals surface area contributed by atoms with Gasteiger partial charge in [-0.2, -0.15) is 0 Å². The molecule has 0 fully saturated rings. The van der Waals surface area contributed by atoms with E-state index in [9.17, 15) is 4.79 Å². The fraction of sp³-hybridized carbons (Fsp3) is 0.375. The molecule has 1 heterocycles. The molecule has 2 rings (SSSR count). The molecule has 0 radical (unpaired) electrons. The molecule has 2 aromatic rings. The molecule has 2 N–H and O–H groups in total. The van der Waals surface area contributed by atoms with Gasteiger partial charge in [0.25, 0.3) is 5.91 Å². The third kappa shape index (κ3) is 4.16. The van der Waals surface area contributed by atoms with Crippen LogP contribution in [0.1, 0.15) is 35.9 Å². The van der Waals surface area contributed by atoms with E-state index in [0.717, 1.165) is 17.2 Å². The minimum Gasteiger partial charge on any atom is -0.378 e. The van der Waals surface area contributed by atoms with Crippen LogP contribution in [0.15, 0.2) is 30.3 Å². The molecule has 0 bridgehead atoms. The monoisotopic (exact) mass is 287 g/mol. The number of H-pyrrole nitrogens is 1. The second-order valence-electron chi connectivity index (χ2n) is 4.95. The normalized spacial score (nSPS) is 12.1. The molecular formula is C16H21N3O2. The lowest BCUT2D eigenvalue weighted by molar-refractivity contribution is 0.0755. The van der Waals surface area contributed by atoms with Crippen molar-refractivity contribution in [3.05, 3.63) is 47.5 Å². The number of aryl methyl sites for hydroxylation is 1. The van der Waals surface area contributed by atoms with Crippen LogP contribution in [0.2, 0.25) is 0 Å². The molecule has 0 saturated heterocycles. The number of rotatable bonds is 6. The average Bonchev–Trinajstić information content (AvgIpc) is 2.81. The van der Waals surface area contributed by atoms with Gasteiger partial charge in [0.2, 0.25) is 0 Å². The lowest BCUT2D eigenvalue weighted by Crippen LogP contribution is -2.14. The van der Waals surface area contributed by atoms with E-state index >= 15 is 0 Å². The number of hydrogen-bond donors (Lipinski definition) is 2. The van der Waals surface area contributed by atoms with Crippen LogP contribution in [-0.4, -0.2) is 28.6 Å². The Balaban J connectivity index is 2.06. The van der Waals surface area contributed by atoms with Crippen molar-refractivity contribution in [2.45, 2.75) is 33.3 Å². The molecule has 0 saturated carbocycles. The molecule has 1 aromatic heterocycles. The third-order valence-electron chi connectivity index (χ3n) is 3.11. The first-order chi connectivity index (χ1) is 10.1. The Morgan fingerprint density at radius 1 is 1.38 bits per heavy atom. The van der Waals surface area contributed by atoms with Crippen molar-refractivity contribution in [1.82, 2.24) is 9.97 Å². The van der Waals surface area contributed by atoms with E-state index in [-0.39, 0.29) is 12.0 Å². The van der Waals surface area contributed by atoms with Crippen LogP contribution >= 0.6 is 0 Å². The number of amides is 1. The highest BCUT2D eigenvalue weighted by Gasteiger charge is 2.16. The predicted molar refractivity (Wildman–Crippen MR) is 82.5 cm³/mol. The first kappa shape index (κ1) is 15.3. The summed E-state index contributed by atoms with van der Waals surface area (Å²) in [6, 6.07) is 9.35. The van der Waals surface area contributed by atoms with Crippen molar-refractivity contribution in [3.63, 3.8) is 0 Å². The number of aromatic amines is 1. The molecule has 1 amide bonds. The summed E-state index contributed by atoms with van der Waals surface area (Å²) in [7, 11) is 0. The van der Waals surface area contributed by atoms with E-state index in [0.29, 0.717) is 18.7 Å². The number of ether oxygens (including phenoxy) is 1. The van der Waals surface area contributed by atoms with E-state index in [4.69, 9.17) is 4.74 Å². The van der Waals surface area contributed by atoms with E-state index in [1.54, 1.807) is 0 Å². The van der Waals surface area contributed by atoms with Gasteiger partial charge in [-0.05, 0) is 32.9 Å². The number of benzene rings is 1. The van der Waals surface area contributed by atoms with Gasteiger partial charge in [0, 0.05) is 24.4 Å². The number of nitrogens with one attached hydrogen (secondary N) is 2. The number of aromatic nitrogens is 2. The zero-order valence-electron chi connectivity index (χ0n) is 12.6. The quantitative estimate of drug-likeness (QED) is 0.858. The molecule has 112 valence electrons. The Labute approximate surface area is 124 Å². The largest absolute Gasteiger partial charge is 0.378 e. The Kier molecular flexibility index (Phi) is 5.11. The van der Waals surface area contributed by atoms with Crippen LogP contribution < -0.4 is 5.32 Å². The molecule has 0 aliphatic carbocycles. The van der Waals surface area contributed by atoms with Crippen molar-refractivity contribution in [2.24, 2.45) is 0 Å². The van der Waals surface area contributed by atoms with Crippen LogP contribution in [0.4, 0.5) is 5.69 Å². The molecule has 1 aromatic carbocycles. The fourth-order valence-corrected chi connectivity index (χ4v) is 2.17. The summed E-state index contributed by atoms with van der Waals surface area (Å²) in [4.78, 5) is 19.8. The van der Waals surface area contributed by atoms with Gasteiger partial charge in [-0.15, -0.1) is 0 Å². The SMILES string of the molecule is CCOC(C)Cc1nc(C(=O)Nc2ccccc2)c(C)[nH]1. The Hall–Kier alpha value is -2.14. The van der Waals surface area contributed by atoms with E-state index in [2.05, 4.69) is 15.3 Å². The number of imidazole rings is 1. The van der Waals surface area contributed by atoms with Crippen molar-refractivity contribution >= 4 is 11.6 Å². The van der Waals surface area contributed by atoms with Crippen LogP contribution in [0.25, 0.3) is 0 Å². The Morgan fingerprint density at radius 2 is 2.10 bits per heavy atom. The summed E-state index contributed by atoms with van der Waals surface area (Å²) >= 11 is 0. The number of nitrogens with zero attached hydrogens (tertiary/aromatic N) is 1. The lowest BCUT2D eigenvalue weighted by Gasteiger charge is -2.08. The molecule has 0 aliphatic rings. The summed E-state index contributed by atoms with van der Waals surface area (Å²) < 4.78 is 5.49. The molecular weight excluding hydrogens is 266 g/mol. The Morgan fingerprint density at radius 3 is 2.76 bits per heavy atom.